The van der Waals surface area contributed by atoms with Gasteiger partial charge in [0.25, 0.3) is 0 Å². The second-order valence-electron chi connectivity index (χ2n) is 5.09. The summed E-state index contributed by atoms with van der Waals surface area (Å²) in [5, 5.41) is 10.1. The van der Waals surface area contributed by atoms with E-state index in [4.69, 9.17) is 10.00 Å². The molecule has 0 N–H and O–H groups in total. The van der Waals surface area contributed by atoms with Gasteiger partial charge in [-0.25, -0.2) is 0 Å². The molecule has 1 heterocycles. The maximum atomic E-state index is 8.94. The fraction of sp³-hybridized carbons (Fsp3) is 0.167. The average molecular weight is 276 g/mol. The van der Waals surface area contributed by atoms with Crippen molar-refractivity contribution >= 4 is 10.9 Å². The Balaban J connectivity index is 2.01. The molecule has 0 unspecified atom stereocenters. The van der Waals surface area contributed by atoms with Crippen LogP contribution in [0.4, 0.5) is 0 Å². The molecule has 0 atom stereocenters. The molecular weight excluding hydrogens is 260 g/mol. The van der Waals surface area contributed by atoms with Crippen molar-refractivity contribution in [3.63, 3.8) is 0 Å². The fourth-order valence-corrected chi connectivity index (χ4v) is 2.64. The van der Waals surface area contributed by atoms with Gasteiger partial charge in [0.05, 0.1) is 24.3 Å². The first kappa shape index (κ1) is 13.3. The van der Waals surface area contributed by atoms with Crippen molar-refractivity contribution in [2.45, 2.75) is 13.5 Å². The third-order valence-electron chi connectivity index (χ3n) is 3.81. The summed E-state index contributed by atoms with van der Waals surface area (Å²) in [6, 6.07) is 16.2. The average Bonchev–Trinajstić information content (AvgIpc) is 2.92. The second-order valence-corrected chi connectivity index (χ2v) is 5.09. The lowest BCUT2D eigenvalue weighted by Gasteiger charge is -2.10. The maximum Gasteiger partial charge on any atom is 0.128 e. The molecule has 1 aromatic heterocycles. The zero-order chi connectivity index (χ0) is 14.8. The van der Waals surface area contributed by atoms with Gasteiger partial charge < -0.3 is 9.30 Å². The molecule has 104 valence electrons. The summed E-state index contributed by atoms with van der Waals surface area (Å²) in [6.07, 6.45) is 2.07. The van der Waals surface area contributed by atoms with Crippen LogP contribution in [0.1, 0.15) is 16.7 Å². The van der Waals surface area contributed by atoms with Crippen LogP contribution in [0.2, 0.25) is 0 Å². The van der Waals surface area contributed by atoms with Crippen LogP contribution >= 0.6 is 0 Å². The zero-order valence-corrected chi connectivity index (χ0v) is 12.1. The molecule has 0 aliphatic carbocycles. The van der Waals surface area contributed by atoms with E-state index in [2.05, 4.69) is 29.0 Å². The predicted molar refractivity (Wildman–Crippen MR) is 83.5 cm³/mol. The first-order chi connectivity index (χ1) is 10.2. The lowest BCUT2D eigenvalue weighted by molar-refractivity contribution is 0.420. The third kappa shape index (κ3) is 2.36. The van der Waals surface area contributed by atoms with Crippen LogP contribution in [0.5, 0.6) is 5.75 Å². The first-order valence-corrected chi connectivity index (χ1v) is 6.84. The molecule has 0 spiro atoms. The van der Waals surface area contributed by atoms with Gasteiger partial charge in [0.1, 0.15) is 5.75 Å². The van der Waals surface area contributed by atoms with Gasteiger partial charge in [0, 0.05) is 18.1 Å². The first-order valence-electron chi connectivity index (χ1n) is 6.84. The van der Waals surface area contributed by atoms with Gasteiger partial charge in [-0.3, -0.25) is 0 Å². The number of methoxy groups -OCH3 is 1. The summed E-state index contributed by atoms with van der Waals surface area (Å²) in [5.74, 6) is 0.891. The molecular formula is C18H16N2O. The number of hydrogen-bond acceptors (Lipinski definition) is 2. The quantitative estimate of drug-likeness (QED) is 0.728. The highest BCUT2D eigenvalue weighted by Crippen LogP contribution is 2.27. The van der Waals surface area contributed by atoms with Crippen LogP contribution in [0.3, 0.4) is 0 Å². The minimum atomic E-state index is 0.704. The second kappa shape index (κ2) is 5.34. The van der Waals surface area contributed by atoms with E-state index in [9.17, 15) is 0 Å². The SMILES string of the molecule is COc1cccc2c1ccn2Cc1ccc(C#N)cc1C. The van der Waals surface area contributed by atoms with Crippen molar-refractivity contribution in [1.29, 1.82) is 5.26 Å². The number of aryl methyl sites for hydroxylation is 1. The van der Waals surface area contributed by atoms with Gasteiger partial charge in [-0.15, -0.1) is 0 Å². The van der Waals surface area contributed by atoms with Crippen LogP contribution in [-0.2, 0) is 6.54 Å². The molecule has 2 aromatic carbocycles. The van der Waals surface area contributed by atoms with Gasteiger partial charge in [-0.1, -0.05) is 12.1 Å². The van der Waals surface area contributed by atoms with Gasteiger partial charge in [-0.05, 0) is 48.4 Å². The van der Waals surface area contributed by atoms with E-state index in [1.54, 1.807) is 7.11 Å². The number of rotatable bonds is 3. The van der Waals surface area contributed by atoms with E-state index in [1.165, 1.54) is 5.56 Å². The molecule has 3 aromatic rings. The van der Waals surface area contributed by atoms with E-state index in [0.717, 1.165) is 28.8 Å². The lowest BCUT2D eigenvalue weighted by atomic mass is 10.1. The summed E-state index contributed by atoms with van der Waals surface area (Å²) in [4.78, 5) is 0. The van der Waals surface area contributed by atoms with E-state index in [-0.39, 0.29) is 0 Å². The van der Waals surface area contributed by atoms with Crippen LogP contribution in [0.15, 0.2) is 48.7 Å². The van der Waals surface area contributed by atoms with Crippen LogP contribution in [-0.4, -0.2) is 11.7 Å². The summed E-state index contributed by atoms with van der Waals surface area (Å²) in [7, 11) is 1.69. The molecule has 0 bridgehead atoms. The van der Waals surface area contributed by atoms with Crippen molar-refractivity contribution in [1.82, 2.24) is 4.57 Å². The summed E-state index contributed by atoms with van der Waals surface area (Å²) < 4.78 is 7.60. The Morgan fingerprint density at radius 3 is 2.76 bits per heavy atom. The number of hydrogen-bond donors (Lipinski definition) is 0. The molecule has 0 radical (unpaired) electrons. The normalized spacial score (nSPS) is 10.5. The Bertz CT molecular complexity index is 840. The molecule has 0 fully saturated rings. The van der Waals surface area contributed by atoms with Crippen molar-refractivity contribution in [3.8, 4) is 11.8 Å². The van der Waals surface area contributed by atoms with Crippen molar-refractivity contribution in [2.24, 2.45) is 0 Å². The molecule has 0 saturated heterocycles. The van der Waals surface area contributed by atoms with Gasteiger partial charge in [-0.2, -0.15) is 5.26 Å². The highest BCUT2D eigenvalue weighted by molar-refractivity contribution is 5.86. The van der Waals surface area contributed by atoms with Gasteiger partial charge >= 0.3 is 0 Å². The van der Waals surface area contributed by atoms with Crippen LogP contribution in [0, 0.1) is 18.3 Å². The van der Waals surface area contributed by atoms with E-state index in [1.807, 2.05) is 37.3 Å². The Hall–Kier alpha value is -2.73. The molecule has 3 heteroatoms. The molecule has 0 aliphatic rings. The summed E-state index contributed by atoms with van der Waals surface area (Å²) >= 11 is 0. The monoisotopic (exact) mass is 276 g/mol. The largest absolute Gasteiger partial charge is 0.496 e. The molecule has 0 aliphatic heterocycles. The number of ether oxygens (including phenoxy) is 1. The minimum absolute atomic E-state index is 0.704. The maximum absolute atomic E-state index is 8.94. The lowest BCUT2D eigenvalue weighted by Crippen LogP contribution is -2.00. The summed E-state index contributed by atoms with van der Waals surface area (Å²) in [6.45, 7) is 2.83. The molecule has 21 heavy (non-hydrogen) atoms. The van der Waals surface area contributed by atoms with Gasteiger partial charge in [0.2, 0.25) is 0 Å². The number of aromatic nitrogens is 1. The van der Waals surface area contributed by atoms with E-state index < -0.39 is 0 Å². The fourth-order valence-electron chi connectivity index (χ4n) is 2.64. The topological polar surface area (TPSA) is 38.0 Å². The third-order valence-corrected chi connectivity index (χ3v) is 3.81. The molecule has 3 rings (SSSR count). The number of fused-ring (bicyclic) bond motifs is 1. The minimum Gasteiger partial charge on any atom is -0.496 e. The Kier molecular flexibility index (Phi) is 3.37. The van der Waals surface area contributed by atoms with Crippen molar-refractivity contribution in [2.75, 3.05) is 7.11 Å². The van der Waals surface area contributed by atoms with Gasteiger partial charge in [0.15, 0.2) is 0 Å². The van der Waals surface area contributed by atoms with Crippen molar-refractivity contribution in [3.05, 3.63) is 65.4 Å². The predicted octanol–water partition coefficient (Wildman–Crippen LogP) is 3.88. The number of benzene rings is 2. The highest BCUT2D eigenvalue weighted by atomic mass is 16.5. The molecule has 3 nitrogen and oxygen atoms in total. The Morgan fingerprint density at radius 1 is 1.19 bits per heavy atom. The number of nitrogens with zero attached hydrogens (tertiary/aromatic N) is 2. The van der Waals surface area contributed by atoms with Crippen molar-refractivity contribution < 1.29 is 4.74 Å². The van der Waals surface area contributed by atoms with E-state index in [0.29, 0.717) is 5.56 Å². The molecule has 0 saturated carbocycles. The summed E-state index contributed by atoms with van der Waals surface area (Å²) in [5.41, 5.74) is 4.21. The number of nitriles is 1. The Labute approximate surface area is 124 Å². The smallest absolute Gasteiger partial charge is 0.128 e. The highest BCUT2D eigenvalue weighted by Gasteiger charge is 2.07. The van der Waals surface area contributed by atoms with Crippen LogP contribution in [0.25, 0.3) is 10.9 Å². The molecule has 0 amide bonds. The Morgan fingerprint density at radius 2 is 2.05 bits per heavy atom. The van der Waals surface area contributed by atoms with Crippen LogP contribution < -0.4 is 4.74 Å². The van der Waals surface area contributed by atoms with E-state index >= 15 is 0 Å². The standard InChI is InChI=1S/C18H16N2O/c1-13-10-14(11-19)6-7-15(13)12-20-9-8-16-17(20)4-3-5-18(16)21-2/h3-10H,12H2,1-2H3. The zero-order valence-electron chi connectivity index (χ0n) is 12.1.